The third kappa shape index (κ3) is 1.99. The van der Waals surface area contributed by atoms with Gasteiger partial charge in [-0.25, -0.2) is 18.1 Å². The number of aromatic nitrogens is 2. The van der Waals surface area contributed by atoms with Gasteiger partial charge in [0.25, 0.3) is 5.56 Å². The van der Waals surface area contributed by atoms with Crippen molar-refractivity contribution >= 4 is 11.6 Å². The first kappa shape index (κ1) is 11.5. The lowest BCUT2D eigenvalue weighted by molar-refractivity contribution is 0.502. The van der Waals surface area contributed by atoms with Crippen molar-refractivity contribution in [3.05, 3.63) is 61.9 Å². The standard InChI is InChI=1S/C10H5ClF2N2O2/c11-7-4-8(16)15(10(17)14-7)6-3-1-2-5(12)9(6)13/h1-4H,(H,14,17). The molecule has 0 saturated carbocycles. The van der Waals surface area contributed by atoms with Crippen LogP contribution in [0.1, 0.15) is 0 Å². The second-order valence-electron chi connectivity index (χ2n) is 3.17. The Labute approximate surface area is 98.1 Å². The molecule has 2 rings (SSSR count). The van der Waals surface area contributed by atoms with Crippen LogP contribution in [0.5, 0.6) is 0 Å². The molecule has 1 aromatic carbocycles. The Bertz CT molecular complexity index is 662. The lowest BCUT2D eigenvalue weighted by Gasteiger charge is -2.05. The van der Waals surface area contributed by atoms with E-state index < -0.39 is 28.6 Å². The SMILES string of the molecule is O=c1cc(Cl)[nH]c(=O)n1-c1cccc(F)c1F. The Morgan fingerprint density at radius 3 is 2.59 bits per heavy atom. The van der Waals surface area contributed by atoms with Gasteiger partial charge in [-0.2, -0.15) is 0 Å². The zero-order chi connectivity index (χ0) is 12.6. The van der Waals surface area contributed by atoms with E-state index in [0.717, 1.165) is 18.2 Å². The van der Waals surface area contributed by atoms with Crippen LogP contribution in [0.2, 0.25) is 5.15 Å². The van der Waals surface area contributed by atoms with Crippen LogP contribution in [-0.2, 0) is 0 Å². The van der Waals surface area contributed by atoms with E-state index in [1.165, 1.54) is 6.07 Å². The maximum absolute atomic E-state index is 13.4. The van der Waals surface area contributed by atoms with Gasteiger partial charge in [0.1, 0.15) is 5.15 Å². The Hall–Kier alpha value is -1.95. The average Bonchev–Trinajstić information content (AvgIpc) is 2.23. The smallest absolute Gasteiger partial charge is 0.297 e. The lowest BCUT2D eigenvalue weighted by atomic mass is 10.3. The molecule has 1 N–H and O–H groups in total. The Kier molecular flexibility index (Phi) is 2.81. The van der Waals surface area contributed by atoms with Crippen LogP contribution in [0.15, 0.2) is 33.9 Å². The number of halogens is 3. The third-order valence-corrected chi connectivity index (χ3v) is 2.28. The fourth-order valence-corrected chi connectivity index (χ4v) is 1.53. The monoisotopic (exact) mass is 258 g/mol. The second-order valence-corrected chi connectivity index (χ2v) is 3.58. The molecule has 1 heterocycles. The summed E-state index contributed by atoms with van der Waals surface area (Å²) in [5.74, 6) is -2.42. The number of benzene rings is 1. The van der Waals surface area contributed by atoms with Crippen molar-refractivity contribution in [2.45, 2.75) is 0 Å². The first-order chi connectivity index (χ1) is 8.00. The van der Waals surface area contributed by atoms with Crippen LogP contribution in [0.4, 0.5) is 8.78 Å². The van der Waals surface area contributed by atoms with Gasteiger partial charge in [0, 0.05) is 6.07 Å². The molecule has 2 aromatic rings. The van der Waals surface area contributed by atoms with Gasteiger partial charge in [0.05, 0.1) is 5.69 Å². The summed E-state index contributed by atoms with van der Waals surface area (Å²) in [6, 6.07) is 4.08. The average molecular weight is 259 g/mol. The van der Waals surface area contributed by atoms with Gasteiger partial charge in [-0.1, -0.05) is 17.7 Å². The summed E-state index contributed by atoms with van der Waals surface area (Å²) in [6.07, 6.45) is 0. The minimum atomic E-state index is -1.28. The normalized spacial score (nSPS) is 10.5. The number of nitrogens with one attached hydrogen (secondary N) is 1. The van der Waals surface area contributed by atoms with Crippen molar-refractivity contribution in [3.8, 4) is 5.69 Å². The highest BCUT2D eigenvalue weighted by atomic mass is 35.5. The van der Waals surface area contributed by atoms with Crippen molar-refractivity contribution in [1.29, 1.82) is 0 Å². The molecule has 7 heteroatoms. The quantitative estimate of drug-likeness (QED) is 0.788. The van der Waals surface area contributed by atoms with Crippen LogP contribution < -0.4 is 11.2 Å². The van der Waals surface area contributed by atoms with E-state index in [1.807, 2.05) is 0 Å². The van der Waals surface area contributed by atoms with Crippen molar-refractivity contribution in [1.82, 2.24) is 9.55 Å². The summed E-state index contributed by atoms with van der Waals surface area (Å²) in [5, 5.41) is -0.173. The van der Waals surface area contributed by atoms with Crippen LogP contribution >= 0.6 is 11.6 Å². The van der Waals surface area contributed by atoms with E-state index in [0.29, 0.717) is 4.57 Å². The van der Waals surface area contributed by atoms with Crippen LogP contribution in [0.3, 0.4) is 0 Å². The molecule has 0 fully saturated rings. The molecule has 0 aliphatic rings. The maximum Gasteiger partial charge on any atom is 0.334 e. The first-order valence-corrected chi connectivity index (χ1v) is 4.85. The highest BCUT2D eigenvalue weighted by Crippen LogP contribution is 2.13. The summed E-state index contributed by atoms with van der Waals surface area (Å²) in [5.41, 5.74) is -2.25. The molecular weight excluding hydrogens is 254 g/mol. The van der Waals surface area contributed by atoms with Crippen LogP contribution in [0, 0.1) is 11.6 Å². The molecule has 0 saturated heterocycles. The van der Waals surface area contributed by atoms with Crippen LogP contribution in [0.25, 0.3) is 5.69 Å². The molecule has 0 radical (unpaired) electrons. The van der Waals surface area contributed by atoms with E-state index in [4.69, 9.17) is 11.6 Å². The maximum atomic E-state index is 13.4. The zero-order valence-corrected chi connectivity index (χ0v) is 8.96. The Morgan fingerprint density at radius 1 is 1.24 bits per heavy atom. The summed E-state index contributed by atoms with van der Waals surface area (Å²) in [7, 11) is 0. The van der Waals surface area contributed by atoms with Gasteiger partial charge in [-0.05, 0) is 12.1 Å². The number of nitrogens with zero attached hydrogens (tertiary/aromatic N) is 1. The van der Waals surface area contributed by atoms with Crippen molar-refractivity contribution in [2.75, 3.05) is 0 Å². The molecule has 4 nitrogen and oxygen atoms in total. The highest BCUT2D eigenvalue weighted by Gasteiger charge is 2.13. The molecule has 0 amide bonds. The Balaban J connectivity index is 2.83. The van der Waals surface area contributed by atoms with Gasteiger partial charge in [0.15, 0.2) is 11.6 Å². The largest absolute Gasteiger partial charge is 0.334 e. The molecule has 0 spiro atoms. The summed E-state index contributed by atoms with van der Waals surface area (Å²) in [4.78, 5) is 25.1. The number of rotatable bonds is 1. The Morgan fingerprint density at radius 2 is 1.94 bits per heavy atom. The lowest BCUT2D eigenvalue weighted by Crippen LogP contribution is -2.33. The molecule has 0 unspecified atom stereocenters. The van der Waals surface area contributed by atoms with E-state index >= 15 is 0 Å². The molecule has 0 atom stereocenters. The highest BCUT2D eigenvalue weighted by molar-refractivity contribution is 6.29. The predicted molar refractivity (Wildman–Crippen MR) is 57.6 cm³/mol. The number of aromatic amines is 1. The second kappa shape index (κ2) is 4.14. The van der Waals surface area contributed by atoms with E-state index in [2.05, 4.69) is 4.98 Å². The van der Waals surface area contributed by atoms with Crippen LogP contribution in [-0.4, -0.2) is 9.55 Å². The minimum absolute atomic E-state index is 0.173. The topological polar surface area (TPSA) is 54.9 Å². The fourth-order valence-electron chi connectivity index (χ4n) is 1.36. The predicted octanol–water partition coefficient (Wildman–Crippen LogP) is 1.46. The summed E-state index contributed by atoms with van der Waals surface area (Å²) in [6.45, 7) is 0. The molecule has 0 aliphatic carbocycles. The molecule has 88 valence electrons. The molecule has 0 bridgehead atoms. The van der Waals surface area contributed by atoms with E-state index in [9.17, 15) is 18.4 Å². The van der Waals surface area contributed by atoms with Gasteiger partial charge >= 0.3 is 5.69 Å². The van der Waals surface area contributed by atoms with Gasteiger partial charge < -0.3 is 0 Å². The van der Waals surface area contributed by atoms with Gasteiger partial charge in [0.2, 0.25) is 0 Å². The number of hydrogen-bond acceptors (Lipinski definition) is 2. The van der Waals surface area contributed by atoms with Gasteiger partial charge in [-0.15, -0.1) is 0 Å². The molecule has 17 heavy (non-hydrogen) atoms. The van der Waals surface area contributed by atoms with E-state index in [1.54, 1.807) is 0 Å². The van der Waals surface area contributed by atoms with Gasteiger partial charge in [-0.3, -0.25) is 9.78 Å². The van der Waals surface area contributed by atoms with E-state index in [-0.39, 0.29) is 5.15 Å². The van der Waals surface area contributed by atoms with Crippen molar-refractivity contribution in [2.24, 2.45) is 0 Å². The first-order valence-electron chi connectivity index (χ1n) is 4.47. The number of H-pyrrole nitrogens is 1. The molecule has 1 aromatic heterocycles. The molecule has 0 aliphatic heterocycles. The third-order valence-electron chi connectivity index (χ3n) is 2.07. The summed E-state index contributed by atoms with van der Waals surface area (Å²) < 4.78 is 26.9. The fraction of sp³-hybridized carbons (Fsp3) is 0. The zero-order valence-electron chi connectivity index (χ0n) is 8.21. The minimum Gasteiger partial charge on any atom is -0.297 e. The summed E-state index contributed by atoms with van der Waals surface area (Å²) >= 11 is 5.44. The number of hydrogen-bond donors (Lipinski definition) is 1. The molecular formula is C10H5ClF2N2O2. The van der Waals surface area contributed by atoms with Crippen molar-refractivity contribution in [3.63, 3.8) is 0 Å². The van der Waals surface area contributed by atoms with Crippen molar-refractivity contribution < 1.29 is 8.78 Å².